The molecule has 0 radical (unpaired) electrons. The van der Waals surface area contributed by atoms with Crippen molar-refractivity contribution in [3.05, 3.63) is 22.2 Å². The van der Waals surface area contributed by atoms with Crippen molar-refractivity contribution < 1.29 is 19.4 Å². The molecule has 100 valence electrons. The second-order valence-corrected chi connectivity index (χ2v) is 5.07. The Morgan fingerprint density at radius 1 is 1.33 bits per heavy atom. The molecule has 0 saturated carbocycles. The molecule has 0 aliphatic carbocycles. The van der Waals surface area contributed by atoms with Crippen LogP contribution in [0.5, 0.6) is 11.5 Å². The Labute approximate surface area is 115 Å². The number of hydrogen-bond acceptors (Lipinski definition) is 3. The number of aliphatic carboxylic acids is 1. The van der Waals surface area contributed by atoms with Gasteiger partial charge in [0.25, 0.3) is 0 Å². The molecule has 1 atom stereocenters. The van der Waals surface area contributed by atoms with Gasteiger partial charge in [-0.1, -0.05) is 15.9 Å². The van der Waals surface area contributed by atoms with E-state index in [1.54, 1.807) is 19.1 Å². The second-order valence-electron chi connectivity index (χ2n) is 4.22. The predicted octanol–water partition coefficient (Wildman–Crippen LogP) is 3.43. The van der Waals surface area contributed by atoms with Crippen molar-refractivity contribution in [2.45, 2.75) is 32.8 Å². The highest BCUT2D eigenvalue weighted by Gasteiger charge is 2.25. The van der Waals surface area contributed by atoms with E-state index in [1.807, 2.05) is 13.8 Å². The monoisotopic (exact) mass is 316 g/mol. The fourth-order valence-electron chi connectivity index (χ4n) is 1.60. The van der Waals surface area contributed by atoms with Crippen LogP contribution in [0.2, 0.25) is 0 Å². The van der Waals surface area contributed by atoms with E-state index in [-0.39, 0.29) is 6.10 Å². The second kappa shape index (κ2) is 6.09. The molecular formula is C13H17BrO4. The molecule has 0 aliphatic rings. The van der Waals surface area contributed by atoms with Gasteiger partial charge >= 0.3 is 5.97 Å². The molecule has 0 saturated heterocycles. The number of carbonyl (C=O) groups is 1. The fraction of sp³-hybridized carbons (Fsp3) is 0.462. The number of carboxylic acids is 1. The van der Waals surface area contributed by atoms with Crippen LogP contribution in [0.1, 0.15) is 32.3 Å². The van der Waals surface area contributed by atoms with E-state index in [0.29, 0.717) is 21.5 Å². The van der Waals surface area contributed by atoms with Gasteiger partial charge in [0, 0.05) is 10.0 Å². The third kappa shape index (κ3) is 3.16. The van der Waals surface area contributed by atoms with E-state index in [2.05, 4.69) is 15.9 Å². The molecule has 4 nitrogen and oxygen atoms in total. The first-order valence-corrected chi connectivity index (χ1v) is 6.43. The minimum absolute atomic E-state index is 0.0621. The Hall–Kier alpha value is -1.23. The summed E-state index contributed by atoms with van der Waals surface area (Å²) in [7, 11) is 1.53. The number of ether oxygens (including phenoxy) is 2. The highest BCUT2D eigenvalue weighted by atomic mass is 79.9. The standard InChI is InChI=1S/C13H17BrO4/c1-7(2)18-12-10(17-4)6-5-9(14)11(12)8(3)13(15)16/h5-8H,1-4H3,(H,15,16). The van der Waals surface area contributed by atoms with Crippen molar-refractivity contribution in [1.29, 1.82) is 0 Å². The van der Waals surface area contributed by atoms with Crippen molar-refractivity contribution in [3.8, 4) is 11.5 Å². The summed E-state index contributed by atoms with van der Waals surface area (Å²) in [6.07, 6.45) is -0.0621. The molecule has 0 aromatic heterocycles. The molecule has 0 amide bonds. The van der Waals surface area contributed by atoms with Gasteiger partial charge in [-0.25, -0.2) is 0 Å². The minimum atomic E-state index is -0.905. The van der Waals surface area contributed by atoms with E-state index >= 15 is 0 Å². The van der Waals surface area contributed by atoms with Crippen LogP contribution in [0.25, 0.3) is 0 Å². The molecule has 0 aliphatic heterocycles. The fourth-order valence-corrected chi connectivity index (χ4v) is 2.26. The number of hydrogen-bond donors (Lipinski definition) is 1. The van der Waals surface area contributed by atoms with Crippen molar-refractivity contribution in [2.75, 3.05) is 7.11 Å². The molecule has 0 spiro atoms. The number of halogens is 1. The largest absolute Gasteiger partial charge is 0.493 e. The summed E-state index contributed by atoms with van der Waals surface area (Å²) in [5, 5.41) is 9.16. The van der Waals surface area contributed by atoms with Crippen LogP contribution in [0.3, 0.4) is 0 Å². The molecule has 0 fully saturated rings. The molecule has 1 N–H and O–H groups in total. The Morgan fingerprint density at radius 2 is 1.94 bits per heavy atom. The van der Waals surface area contributed by atoms with Crippen LogP contribution in [-0.2, 0) is 4.79 Å². The molecular weight excluding hydrogens is 300 g/mol. The lowest BCUT2D eigenvalue weighted by atomic mass is 10.00. The molecule has 1 aromatic carbocycles. The Morgan fingerprint density at radius 3 is 2.39 bits per heavy atom. The molecule has 18 heavy (non-hydrogen) atoms. The van der Waals surface area contributed by atoms with Crippen molar-refractivity contribution in [2.24, 2.45) is 0 Å². The lowest BCUT2D eigenvalue weighted by molar-refractivity contribution is -0.138. The molecule has 1 rings (SSSR count). The van der Waals surface area contributed by atoms with Crippen molar-refractivity contribution >= 4 is 21.9 Å². The summed E-state index contributed by atoms with van der Waals surface area (Å²) >= 11 is 3.37. The zero-order valence-corrected chi connectivity index (χ0v) is 12.4. The Bertz CT molecular complexity index is 443. The highest BCUT2D eigenvalue weighted by Crippen LogP contribution is 2.41. The summed E-state index contributed by atoms with van der Waals surface area (Å²) in [6.45, 7) is 5.39. The number of carboxylic acid groups (broad SMARTS) is 1. The van der Waals surface area contributed by atoms with Gasteiger partial charge in [-0.05, 0) is 32.9 Å². The van der Waals surface area contributed by atoms with Gasteiger partial charge in [-0.3, -0.25) is 4.79 Å². The lowest BCUT2D eigenvalue weighted by Crippen LogP contribution is -2.14. The zero-order chi connectivity index (χ0) is 13.9. The van der Waals surface area contributed by atoms with Crippen LogP contribution in [0.4, 0.5) is 0 Å². The average molecular weight is 317 g/mol. The SMILES string of the molecule is COc1ccc(Br)c(C(C)C(=O)O)c1OC(C)C. The van der Waals surface area contributed by atoms with Crippen molar-refractivity contribution in [1.82, 2.24) is 0 Å². The summed E-state index contributed by atoms with van der Waals surface area (Å²) < 4.78 is 11.6. The average Bonchev–Trinajstić information content (AvgIpc) is 2.28. The number of rotatable bonds is 5. The lowest BCUT2D eigenvalue weighted by Gasteiger charge is -2.20. The highest BCUT2D eigenvalue weighted by molar-refractivity contribution is 9.10. The van der Waals surface area contributed by atoms with Gasteiger partial charge in [0.05, 0.1) is 19.1 Å². The van der Waals surface area contributed by atoms with Gasteiger partial charge in [0.1, 0.15) is 0 Å². The van der Waals surface area contributed by atoms with Gasteiger partial charge < -0.3 is 14.6 Å². The normalized spacial score (nSPS) is 12.3. The third-order valence-electron chi connectivity index (χ3n) is 2.48. The maximum Gasteiger partial charge on any atom is 0.310 e. The minimum Gasteiger partial charge on any atom is -0.493 e. The molecule has 5 heteroatoms. The maximum absolute atomic E-state index is 11.2. The van der Waals surface area contributed by atoms with Crippen molar-refractivity contribution in [3.63, 3.8) is 0 Å². The van der Waals surface area contributed by atoms with E-state index < -0.39 is 11.9 Å². The summed E-state index contributed by atoms with van der Waals surface area (Å²) in [5.74, 6) is -0.562. The Balaban J connectivity index is 3.39. The number of benzene rings is 1. The van der Waals surface area contributed by atoms with Gasteiger partial charge in [0.2, 0.25) is 0 Å². The zero-order valence-electron chi connectivity index (χ0n) is 10.9. The quantitative estimate of drug-likeness (QED) is 0.904. The first kappa shape index (κ1) is 14.8. The van der Waals surface area contributed by atoms with Gasteiger partial charge in [-0.15, -0.1) is 0 Å². The molecule has 0 bridgehead atoms. The van der Waals surface area contributed by atoms with E-state index in [1.165, 1.54) is 7.11 Å². The Kier molecular flexibility index (Phi) is 5.02. The summed E-state index contributed by atoms with van der Waals surface area (Å²) in [5.41, 5.74) is 0.593. The summed E-state index contributed by atoms with van der Waals surface area (Å²) in [4.78, 5) is 11.2. The van der Waals surface area contributed by atoms with Crippen LogP contribution >= 0.6 is 15.9 Å². The van der Waals surface area contributed by atoms with E-state index in [4.69, 9.17) is 14.6 Å². The van der Waals surface area contributed by atoms with Gasteiger partial charge in [-0.2, -0.15) is 0 Å². The smallest absolute Gasteiger partial charge is 0.310 e. The third-order valence-corrected chi connectivity index (χ3v) is 3.18. The van der Waals surface area contributed by atoms with E-state index in [0.717, 1.165) is 0 Å². The van der Waals surface area contributed by atoms with E-state index in [9.17, 15) is 4.79 Å². The predicted molar refractivity (Wildman–Crippen MR) is 72.5 cm³/mol. The van der Waals surface area contributed by atoms with Crippen LogP contribution in [0.15, 0.2) is 16.6 Å². The van der Waals surface area contributed by atoms with Gasteiger partial charge in [0.15, 0.2) is 11.5 Å². The maximum atomic E-state index is 11.2. The molecule has 1 aromatic rings. The topological polar surface area (TPSA) is 55.8 Å². The summed E-state index contributed by atoms with van der Waals surface area (Å²) in [6, 6.07) is 3.51. The molecule has 0 heterocycles. The van der Waals surface area contributed by atoms with Crippen LogP contribution in [0, 0.1) is 0 Å². The first-order valence-electron chi connectivity index (χ1n) is 5.64. The number of methoxy groups -OCH3 is 1. The van der Waals surface area contributed by atoms with Crippen LogP contribution in [-0.4, -0.2) is 24.3 Å². The van der Waals surface area contributed by atoms with Crippen LogP contribution < -0.4 is 9.47 Å². The molecule has 1 unspecified atom stereocenters. The first-order chi connectivity index (χ1) is 8.38.